The van der Waals surface area contributed by atoms with Crippen LogP contribution in [0.1, 0.15) is 18.4 Å². The molecule has 0 amide bonds. The van der Waals surface area contributed by atoms with Crippen LogP contribution in [0, 0.1) is 17.0 Å². The largest absolute Gasteiger partial charge is 0.369 e. The van der Waals surface area contributed by atoms with Crippen LogP contribution in [0.5, 0.6) is 0 Å². The number of aryl methyl sites for hydroxylation is 1. The van der Waals surface area contributed by atoms with Gasteiger partial charge in [0, 0.05) is 50.5 Å². The van der Waals surface area contributed by atoms with E-state index in [4.69, 9.17) is 0 Å². The predicted octanol–water partition coefficient (Wildman–Crippen LogP) is 2.78. The minimum absolute atomic E-state index is 0.0797. The molecule has 1 aliphatic heterocycles. The predicted molar refractivity (Wildman–Crippen MR) is 117 cm³/mol. The van der Waals surface area contributed by atoms with Crippen LogP contribution in [0.25, 0.3) is 0 Å². The van der Waals surface area contributed by atoms with Crippen molar-refractivity contribution in [3.63, 3.8) is 0 Å². The number of nitro groups is 1. The summed E-state index contributed by atoms with van der Waals surface area (Å²) in [7, 11) is -3.74. The molecule has 8 nitrogen and oxygen atoms in total. The molecule has 0 aromatic heterocycles. The molecule has 2 aromatic carbocycles. The van der Waals surface area contributed by atoms with Gasteiger partial charge in [0.25, 0.3) is 5.69 Å². The number of unbranched alkanes of at least 4 members (excludes halogenated alkanes) is 1. The third-order valence-electron chi connectivity index (χ3n) is 5.27. The second-order valence-electron chi connectivity index (χ2n) is 7.53. The Kier molecular flexibility index (Phi) is 7.41. The van der Waals surface area contributed by atoms with Gasteiger partial charge in [-0.1, -0.05) is 18.2 Å². The second kappa shape index (κ2) is 10.0. The maximum atomic E-state index is 12.3. The molecule has 1 aliphatic rings. The summed E-state index contributed by atoms with van der Waals surface area (Å²) >= 11 is 0. The third kappa shape index (κ3) is 6.01. The lowest BCUT2D eigenvalue weighted by atomic mass is 10.2. The van der Waals surface area contributed by atoms with Gasteiger partial charge in [-0.3, -0.25) is 15.0 Å². The number of nitrogens with zero attached hydrogens (tertiary/aromatic N) is 3. The van der Waals surface area contributed by atoms with E-state index in [-0.39, 0.29) is 10.6 Å². The number of nitrogens with one attached hydrogen (secondary N) is 1. The molecule has 0 bridgehead atoms. The van der Waals surface area contributed by atoms with Crippen molar-refractivity contribution in [2.24, 2.45) is 0 Å². The van der Waals surface area contributed by atoms with Crippen LogP contribution in [-0.4, -0.2) is 57.5 Å². The molecular formula is C21H28N4O4S. The van der Waals surface area contributed by atoms with Crippen LogP contribution in [0.3, 0.4) is 0 Å². The molecule has 1 saturated heterocycles. The van der Waals surface area contributed by atoms with Gasteiger partial charge in [0.1, 0.15) is 0 Å². The fraction of sp³-hybridized carbons (Fsp3) is 0.429. The van der Waals surface area contributed by atoms with Gasteiger partial charge in [-0.05, 0) is 50.1 Å². The van der Waals surface area contributed by atoms with Crippen LogP contribution in [-0.2, 0) is 10.0 Å². The summed E-state index contributed by atoms with van der Waals surface area (Å²) in [4.78, 5) is 15.0. The van der Waals surface area contributed by atoms with E-state index >= 15 is 0 Å². The van der Waals surface area contributed by atoms with Gasteiger partial charge in [-0.25, -0.2) is 13.1 Å². The molecular weight excluding hydrogens is 404 g/mol. The van der Waals surface area contributed by atoms with Crippen molar-refractivity contribution in [2.45, 2.75) is 24.7 Å². The number of non-ortho nitro benzene ring substituents is 1. The summed E-state index contributed by atoms with van der Waals surface area (Å²) in [6, 6.07) is 13.7. The van der Waals surface area contributed by atoms with E-state index in [1.54, 1.807) is 0 Å². The first-order valence-corrected chi connectivity index (χ1v) is 11.6. The van der Waals surface area contributed by atoms with Gasteiger partial charge in [0.2, 0.25) is 10.0 Å². The lowest BCUT2D eigenvalue weighted by Crippen LogP contribution is -2.46. The number of anilines is 1. The molecule has 162 valence electrons. The summed E-state index contributed by atoms with van der Waals surface area (Å²) in [6.45, 7) is 7.31. The number of piperazine rings is 1. The van der Waals surface area contributed by atoms with Crippen LogP contribution in [0.4, 0.5) is 11.4 Å². The van der Waals surface area contributed by atoms with E-state index in [0.717, 1.165) is 45.2 Å². The van der Waals surface area contributed by atoms with Gasteiger partial charge < -0.3 is 4.90 Å². The van der Waals surface area contributed by atoms with Crippen LogP contribution in [0.15, 0.2) is 53.4 Å². The Hall–Kier alpha value is -2.49. The molecule has 9 heteroatoms. The minimum Gasteiger partial charge on any atom is -0.369 e. The number of rotatable bonds is 9. The van der Waals surface area contributed by atoms with E-state index in [1.165, 1.54) is 29.4 Å². The van der Waals surface area contributed by atoms with Gasteiger partial charge in [0.15, 0.2) is 0 Å². The highest BCUT2D eigenvalue weighted by Gasteiger charge is 2.18. The smallest absolute Gasteiger partial charge is 0.270 e. The minimum atomic E-state index is -3.74. The molecule has 3 rings (SSSR count). The molecule has 30 heavy (non-hydrogen) atoms. The monoisotopic (exact) mass is 432 g/mol. The van der Waals surface area contributed by atoms with Crippen molar-refractivity contribution in [3.8, 4) is 0 Å². The number of benzene rings is 2. The van der Waals surface area contributed by atoms with Crippen molar-refractivity contribution in [2.75, 3.05) is 44.2 Å². The third-order valence-corrected chi connectivity index (χ3v) is 6.73. The lowest BCUT2D eigenvalue weighted by molar-refractivity contribution is -0.385. The normalized spacial score (nSPS) is 15.3. The Morgan fingerprint density at radius 1 is 1.03 bits per heavy atom. The average molecular weight is 433 g/mol. The zero-order valence-electron chi connectivity index (χ0n) is 17.2. The summed E-state index contributed by atoms with van der Waals surface area (Å²) in [5, 5.41) is 10.8. The number of hydrogen-bond donors (Lipinski definition) is 1. The molecule has 0 radical (unpaired) electrons. The van der Waals surface area contributed by atoms with Gasteiger partial charge in [-0.15, -0.1) is 0 Å². The zero-order chi connectivity index (χ0) is 21.6. The van der Waals surface area contributed by atoms with E-state index in [2.05, 4.69) is 45.7 Å². The van der Waals surface area contributed by atoms with Crippen LogP contribution >= 0.6 is 0 Å². The highest BCUT2D eigenvalue weighted by atomic mass is 32.2. The fourth-order valence-electron chi connectivity index (χ4n) is 3.57. The summed E-state index contributed by atoms with van der Waals surface area (Å²) in [6.07, 6.45) is 1.61. The first-order chi connectivity index (χ1) is 14.3. The molecule has 0 atom stereocenters. The Balaban J connectivity index is 1.37. The van der Waals surface area contributed by atoms with E-state index in [0.29, 0.717) is 13.0 Å². The molecule has 0 saturated carbocycles. The average Bonchev–Trinajstić information content (AvgIpc) is 2.74. The Morgan fingerprint density at radius 2 is 1.77 bits per heavy atom. The standard InChI is InChI=1S/C21H28N4O4S/c1-18-6-4-7-19(16-18)24-14-12-23(13-15-24)11-3-2-10-22-30(28,29)21-9-5-8-20(17-21)25(26)27/h4-9,16-17,22H,2-3,10-15H2,1H3. The van der Waals surface area contributed by atoms with Crippen molar-refractivity contribution < 1.29 is 13.3 Å². The fourth-order valence-corrected chi connectivity index (χ4v) is 4.68. The molecule has 0 aliphatic carbocycles. The van der Waals surface area contributed by atoms with E-state index in [9.17, 15) is 18.5 Å². The Bertz CT molecular complexity index is 972. The van der Waals surface area contributed by atoms with E-state index < -0.39 is 14.9 Å². The summed E-state index contributed by atoms with van der Waals surface area (Å²) in [5.41, 5.74) is 2.30. The number of hydrogen-bond acceptors (Lipinski definition) is 6. The Labute approximate surface area is 177 Å². The Morgan fingerprint density at radius 3 is 2.47 bits per heavy atom. The highest BCUT2D eigenvalue weighted by molar-refractivity contribution is 7.89. The lowest BCUT2D eigenvalue weighted by Gasteiger charge is -2.36. The van der Waals surface area contributed by atoms with E-state index in [1.807, 2.05) is 0 Å². The van der Waals surface area contributed by atoms with Gasteiger partial charge in [0.05, 0.1) is 9.82 Å². The molecule has 0 spiro atoms. The first-order valence-electron chi connectivity index (χ1n) is 10.1. The summed E-state index contributed by atoms with van der Waals surface area (Å²) in [5.74, 6) is 0. The molecule has 2 aromatic rings. The van der Waals surface area contributed by atoms with Crippen LogP contribution < -0.4 is 9.62 Å². The molecule has 1 fully saturated rings. The maximum Gasteiger partial charge on any atom is 0.270 e. The van der Waals surface area contributed by atoms with Crippen molar-refractivity contribution in [1.82, 2.24) is 9.62 Å². The summed E-state index contributed by atoms with van der Waals surface area (Å²) < 4.78 is 27.2. The maximum absolute atomic E-state index is 12.3. The zero-order valence-corrected chi connectivity index (χ0v) is 18.0. The molecule has 1 N–H and O–H groups in total. The van der Waals surface area contributed by atoms with Gasteiger partial charge in [-0.2, -0.15) is 0 Å². The van der Waals surface area contributed by atoms with Gasteiger partial charge >= 0.3 is 0 Å². The molecule has 1 heterocycles. The topological polar surface area (TPSA) is 95.8 Å². The van der Waals surface area contributed by atoms with Crippen molar-refractivity contribution in [1.29, 1.82) is 0 Å². The number of sulfonamides is 1. The first kappa shape index (κ1) is 22.2. The quantitative estimate of drug-likeness (QED) is 0.372. The second-order valence-corrected chi connectivity index (χ2v) is 9.29. The number of nitro benzene ring substituents is 1. The SMILES string of the molecule is Cc1cccc(N2CCN(CCCCNS(=O)(=O)c3cccc([N+](=O)[O-])c3)CC2)c1. The van der Waals surface area contributed by atoms with Crippen molar-refractivity contribution in [3.05, 3.63) is 64.2 Å². The van der Waals surface area contributed by atoms with Crippen LogP contribution in [0.2, 0.25) is 0 Å². The highest BCUT2D eigenvalue weighted by Crippen LogP contribution is 2.18. The molecule has 0 unspecified atom stereocenters. The van der Waals surface area contributed by atoms with Crippen molar-refractivity contribution >= 4 is 21.4 Å².